The van der Waals surface area contributed by atoms with Gasteiger partial charge in [-0.25, -0.2) is 4.39 Å². The van der Waals surface area contributed by atoms with Gasteiger partial charge in [0.05, 0.1) is 4.92 Å². The lowest BCUT2D eigenvalue weighted by Gasteiger charge is -2.08. The summed E-state index contributed by atoms with van der Waals surface area (Å²) in [6.07, 6.45) is 0. The van der Waals surface area contributed by atoms with Gasteiger partial charge in [-0.3, -0.25) is 15.5 Å². The summed E-state index contributed by atoms with van der Waals surface area (Å²) in [5, 5.41) is 17.7. The third-order valence-electron chi connectivity index (χ3n) is 2.78. The summed E-state index contributed by atoms with van der Waals surface area (Å²) in [5.74, 6) is -0.821. The number of nitrogens with zero attached hydrogens (tertiary/aromatic N) is 1. The van der Waals surface area contributed by atoms with E-state index in [0.29, 0.717) is 5.56 Å². The maximum absolute atomic E-state index is 13.7. The van der Waals surface area contributed by atoms with Crippen molar-refractivity contribution in [1.82, 2.24) is 0 Å². The third-order valence-corrected chi connectivity index (χ3v) is 2.78. The Balaban J connectivity index is 2.06. The smallest absolute Gasteiger partial charge is 0.269 e. The van der Waals surface area contributed by atoms with Crippen molar-refractivity contribution < 1.29 is 14.1 Å². The molecule has 3 N–H and O–H groups in total. The van der Waals surface area contributed by atoms with Crippen LogP contribution in [-0.2, 0) is 6.61 Å². The third kappa shape index (κ3) is 3.53. The van der Waals surface area contributed by atoms with E-state index >= 15 is 0 Å². The van der Waals surface area contributed by atoms with Crippen LogP contribution in [-0.4, -0.2) is 10.8 Å². The van der Waals surface area contributed by atoms with Gasteiger partial charge in [-0.15, -0.1) is 0 Å². The topological polar surface area (TPSA) is 102 Å². The zero-order valence-corrected chi connectivity index (χ0v) is 10.9. The van der Waals surface area contributed by atoms with E-state index in [1.54, 1.807) is 12.1 Å². The first-order chi connectivity index (χ1) is 9.97. The normalized spacial score (nSPS) is 10.1. The minimum Gasteiger partial charge on any atom is -0.486 e. The zero-order chi connectivity index (χ0) is 15.4. The van der Waals surface area contributed by atoms with Gasteiger partial charge in [0, 0.05) is 17.7 Å². The van der Waals surface area contributed by atoms with Crippen molar-refractivity contribution in [3.8, 4) is 5.75 Å². The zero-order valence-electron chi connectivity index (χ0n) is 10.9. The van der Waals surface area contributed by atoms with E-state index in [1.165, 1.54) is 24.3 Å². The highest BCUT2D eigenvalue weighted by atomic mass is 19.1. The van der Waals surface area contributed by atoms with Gasteiger partial charge in [0.25, 0.3) is 5.69 Å². The van der Waals surface area contributed by atoms with Crippen LogP contribution in [0.1, 0.15) is 11.1 Å². The van der Waals surface area contributed by atoms with Gasteiger partial charge < -0.3 is 10.5 Å². The van der Waals surface area contributed by atoms with E-state index in [1.807, 2.05) is 0 Å². The minimum absolute atomic E-state index is 0.0178. The molecule has 0 aliphatic rings. The second-order valence-electron chi connectivity index (χ2n) is 4.27. The molecule has 0 unspecified atom stereocenters. The van der Waals surface area contributed by atoms with Crippen LogP contribution in [0, 0.1) is 21.3 Å². The summed E-state index contributed by atoms with van der Waals surface area (Å²) in [7, 11) is 0. The lowest BCUT2D eigenvalue weighted by atomic mass is 10.2. The Morgan fingerprint density at radius 3 is 2.48 bits per heavy atom. The minimum atomic E-state index is -0.621. The van der Waals surface area contributed by atoms with Gasteiger partial charge in [-0.1, -0.05) is 0 Å². The van der Waals surface area contributed by atoms with Crippen LogP contribution < -0.4 is 10.5 Å². The average Bonchev–Trinajstić information content (AvgIpc) is 2.46. The number of ether oxygens (including phenoxy) is 1. The maximum atomic E-state index is 13.7. The molecule has 0 bridgehead atoms. The Morgan fingerprint density at radius 1 is 1.29 bits per heavy atom. The predicted octanol–water partition coefficient (Wildman–Crippen LogP) is 2.60. The highest BCUT2D eigenvalue weighted by molar-refractivity contribution is 5.95. The van der Waals surface area contributed by atoms with Crippen molar-refractivity contribution in [3.63, 3.8) is 0 Å². The summed E-state index contributed by atoms with van der Waals surface area (Å²) >= 11 is 0. The highest BCUT2D eigenvalue weighted by Crippen LogP contribution is 2.20. The number of nitrogens with one attached hydrogen (secondary N) is 1. The molecule has 0 fully saturated rings. The van der Waals surface area contributed by atoms with E-state index in [0.717, 1.165) is 6.07 Å². The van der Waals surface area contributed by atoms with Crippen LogP contribution >= 0.6 is 0 Å². The van der Waals surface area contributed by atoms with Gasteiger partial charge in [-0.2, -0.15) is 0 Å². The first-order valence-corrected chi connectivity index (χ1v) is 5.97. The van der Waals surface area contributed by atoms with Crippen molar-refractivity contribution in [1.29, 1.82) is 5.41 Å². The Hall–Kier alpha value is -2.96. The molecule has 7 heteroatoms. The number of nitrogens with two attached hydrogens (primary N) is 1. The summed E-state index contributed by atoms with van der Waals surface area (Å²) in [5.41, 5.74) is 6.19. The molecule has 0 aliphatic heterocycles. The lowest BCUT2D eigenvalue weighted by molar-refractivity contribution is -0.384. The molecule has 0 saturated carbocycles. The van der Waals surface area contributed by atoms with Crippen molar-refractivity contribution in [2.24, 2.45) is 5.73 Å². The van der Waals surface area contributed by atoms with E-state index in [9.17, 15) is 14.5 Å². The largest absolute Gasteiger partial charge is 0.486 e. The molecule has 2 aromatic carbocycles. The number of hydrogen-bond acceptors (Lipinski definition) is 4. The van der Waals surface area contributed by atoms with E-state index in [2.05, 4.69) is 0 Å². The highest BCUT2D eigenvalue weighted by Gasteiger charge is 2.08. The van der Waals surface area contributed by atoms with Crippen LogP contribution in [0.2, 0.25) is 0 Å². The van der Waals surface area contributed by atoms with Crippen LogP contribution in [0.3, 0.4) is 0 Å². The molecule has 2 rings (SSSR count). The predicted molar refractivity (Wildman–Crippen MR) is 74.8 cm³/mol. The molecule has 108 valence electrons. The SMILES string of the molecule is N=C(N)c1ccc(OCc2ccc([N+](=O)[O-])cc2)c(F)c1. The quantitative estimate of drug-likeness (QED) is 0.382. The number of benzene rings is 2. The Morgan fingerprint density at radius 2 is 1.95 bits per heavy atom. The number of halogens is 1. The molecular weight excluding hydrogens is 277 g/mol. The molecule has 0 radical (unpaired) electrons. The summed E-state index contributed by atoms with van der Waals surface area (Å²) < 4.78 is 19.0. The summed E-state index contributed by atoms with van der Waals surface area (Å²) in [6.45, 7) is 0.0777. The number of nitro groups is 1. The first kappa shape index (κ1) is 14.4. The fourth-order valence-corrected chi connectivity index (χ4v) is 1.66. The second kappa shape index (κ2) is 6.00. The van der Waals surface area contributed by atoms with Crippen molar-refractivity contribution >= 4 is 11.5 Å². The standard InChI is InChI=1S/C14H12FN3O3/c15-12-7-10(14(16)17)3-6-13(12)21-8-9-1-4-11(5-2-9)18(19)20/h1-7H,8H2,(H3,16,17). The molecule has 0 spiro atoms. The molecule has 2 aromatic rings. The fourth-order valence-electron chi connectivity index (χ4n) is 1.66. The van der Waals surface area contributed by atoms with Gasteiger partial charge in [0.1, 0.15) is 12.4 Å². The van der Waals surface area contributed by atoms with Crippen molar-refractivity contribution in [2.45, 2.75) is 6.61 Å². The van der Waals surface area contributed by atoms with Crippen LogP contribution in [0.5, 0.6) is 5.75 Å². The molecule has 0 saturated heterocycles. The van der Waals surface area contributed by atoms with Gasteiger partial charge in [0.15, 0.2) is 11.6 Å². The molecule has 21 heavy (non-hydrogen) atoms. The van der Waals surface area contributed by atoms with Crippen LogP contribution in [0.15, 0.2) is 42.5 Å². The van der Waals surface area contributed by atoms with Crippen LogP contribution in [0.4, 0.5) is 10.1 Å². The monoisotopic (exact) mass is 289 g/mol. The molecule has 6 nitrogen and oxygen atoms in total. The van der Waals surface area contributed by atoms with Gasteiger partial charge in [-0.05, 0) is 35.9 Å². The lowest BCUT2D eigenvalue weighted by Crippen LogP contribution is -2.11. The number of nitrogen functional groups attached to an aromatic ring is 1. The molecule has 0 aromatic heterocycles. The second-order valence-corrected chi connectivity index (χ2v) is 4.27. The molecule has 0 aliphatic carbocycles. The summed E-state index contributed by atoms with van der Waals surface area (Å²) in [6, 6.07) is 9.78. The molecular formula is C14H12FN3O3. The Labute approximate surface area is 119 Å². The number of hydrogen-bond donors (Lipinski definition) is 2. The summed E-state index contributed by atoms with van der Waals surface area (Å²) in [4.78, 5) is 10.0. The van der Waals surface area contributed by atoms with Crippen molar-refractivity contribution in [3.05, 3.63) is 69.5 Å². The Kier molecular flexibility index (Phi) is 4.13. The van der Waals surface area contributed by atoms with E-state index in [-0.39, 0.29) is 29.4 Å². The number of non-ortho nitro benzene ring substituents is 1. The average molecular weight is 289 g/mol. The molecule has 0 amide bonds. The fraction of sp³-hybridized carbons (Fsp3) is 0.0714. The number of nitro benzene ring substituents is 1. The van der Waals surface area contributed by atoms with Crippen molar-refractivity contribution in [2.75, 3.05) is 0 Å². The maximum Gasteiger partial charge on any atom is 0.269 e. The van der Waals surface area contributed by atoms with Gasteiger partial charge >= 0.3 is 0 Å². The van der Waals surface area contributed by atoms with E-state index < -0.39 is 10.7 Å². The molecule has 0 atom stereocenters. The van der Waals surface area contributed by atoms with Crippen LogP contribution in [0.25, 0.3) is 0 Å². The van der Waals surface area contributed by atoms with E-state index in [4.69, 9.17) is 15.9 Å². The van der Waals surface area contributed by atoms with Gasteiger partial charge in [0.2, 0.25) is 0 Å². The number of amidine groups is 1. The molecule has 0 heterocycles. The first-order valence-electron chi connectivity index (χ1n) is 5.97. The Bertz CT molecular complexity index is 686. The number of rotatable bonds is 5.